The Morgan fingerprint density at radius 1 is 1.36 bits per heavy atom. The van der Waals surface area contributed by atoms with Gasteiger partial charge in [-0.2, -0.15) is 0 Å². The highest BCUT2D eigenvalue weighted by Crippen LogP contribution is 2.26. The van der Waals surface area contributed by atoms with E-state index in [0.29, 0.717) is 24.2 Å². The zero-order valence-electron chi connectivity index (χ0n) is 15.1. The third-order valence-electron chi connectivity index (χ3n) is 3.77. The number of hydrogen-bond donors (Lipinski definition) is 3. The molecule has 25 heavy (non-hydrogen) atoms. The number of hydrogen-bond acceptors (Lipinski definition) is 4. The van der Waals surface area contributed by atoms with Crippen LogP contribution in [0.2, 0.25) is 5.15 Å². The Morgan fingerprint density at radius 2 is 2.12 bits per heavy atom. The minimum Gasteiger partial charge on any atom is -0.466 e. The summed E-state index contributed by atoms with van der Waals surface area (Å²) in [6, 6.07) is 5.48. The molecule has 0 amide bonds. The summed E-state index contributed by atoms with van der Waals surface area (Å²) in [6.45, 7) is 8.95. The van der Waals surface area contributed by atoms with Crippen LogP contribution in [-0.2, 0) is 12.1 Å². The molecule has 0 radical (unpaired) electrons. The SMILES string of the molecule is CCNC(=NCc1ccc(Cl)nc1)NCC(C)(O)c1cc(C)oc1C. The number of nitrogens with zero attached hydrogens (tertiary/aromatic N) is 2. The lowest BCUT2D eigenvalue weighted by molar-refractivity contribution is 0.0601. The summed E-state index contributed by atoms with van der Waals surface area (Å²) in [6.07, 6.45) is 1.70. The lowest BCUT2D eigenvalue weighted by atomic mass is 9.96. The van der Waals surface area contributed by atoms with Gasteiger partial charge in [0, 0.05) is 18.3 Å². The summed E-state index contributed by atoms with van der Waals surface area (Å²) in [5.74, 6) is 2.12. The van der Waals surface area contributed by atoms with Gasteiger partial charge in [0.2, 0.25) is 0 Å². The zero-order chi connectivity index (χ0) is 18.4. The van der Waals surface area contributed by atoms with E-state index in [0.717, 1.165) is 29.2 Å². The van der Waals surface area contributed by atoms with Gasteiger partial charge < -0.3 is 20.2 Å². The van der Waals surface area contributed by atoms with Crippen molar-refractivity contribution in [3.63, 3.8) is 0 Å². The number of aromatic nitrogens is 1. The Labute approximate surface area is 153 Å². The van der Waals surface area contributed by atoms with E-state index in [9.17, 15) is 5.11 Å². The number of halogens is 1. The van der Waals surface area contributed by atoms with Gasteiger partial charge in [0.1, 0.15) is 22.3 Å². The molecule has 0 saturated carbocycles. The standard InChI is InChI=1S/C18H25ClN4O2/c1-5-20-17(22-10-14-6-7-16(19)21-9-14)23-11-18(4,24)15-8-12(2)25-13(15)3/h6-9,24H,5,10-11H2,1-4H3,(H2,20,22,23). The molecule has 136 valence electrons. The molecule has 0 aliphatic rings. The molecule has 2 aromatic rings. The fraction of sp³-hybridized carbons (Fsp3) is 0.444. The van der Waals surface area contributed by atoms with Crippen molar-refractivity contribution in [3.05, 3.63) is 52.2 Å². The second kappa shape index (κ2) is 8.36. The van der Waals surface area contributed by atoms with Gasteiger partial charge in [0.05, 0.1) is 13.1 Å². The lowest BCUT2D eigenvalue weighted by Gasteiger charge is -2.24. The minimum atomic E-state index is -1.07. The first-order chi connectivity index (χ1) is 11.8. The third-order valence-corrected chi connectivity index (χ3v) is 4.00. The molecule has 0 saturated heterocycles. The molecule has 0 fully saturated rings. The maximum atomic E-state index is 10.8. The lowest BCUT2D eigenvalue weighted by Crippen LogP contribution is -2.44. The Kier molecular flexibility index (Phi) is 6.45. The van der Waals surface area contributed by atoms with Crippen LogP contribution in [0, 0.1) is 13.8 Å². The third kappa shape index (κ3) is 5.47. The van der Waals surface area contributed by atoms with E-state index >= 15 is 0 Å². The highest BCUT2D eigenvalue weighted by molar-refractivity contribution is 6.29. The van der Waals surface area contributed by atoms with Crippen LogP contribution in [0.15, 0.2) is 33.8 Å². The molecule has 0 aromatic carbocycles. The van der Waals surface area contributed by atoms with Gasteiger partial charge >= 0.3 is 0 Å². The van der Waals surface area contributed by atoms with Gasteiger partial charge in [-0.05, 0) is 45.4 Å². The second-order valence-electron chi connectivity index (χ2n) is 6.14. The average Bonchev–Trinajstić information content (AvgIpc) is 2.91. The van der Waals surface area contributed by atoms with E-state index in [1.54, 1.807) is 19.2 Å². The molecule has 2 aromatic heterocycles. The van der Waals surface area contributed by atoms with Crippen LogP contribution in [0.25, 0.3) is 0 Å². The fourth-order valence-corrected chi connectivity index (χ4v) is 2.64. The molecule has 2 rings (SSSR count). The molecule has 2 heterocycles. The number of guanidine groups is 1. The average molecular weight is 365 g/mol. The van der Waals surface area contributed by atoms with Gasteiger partial charge in [-0.1, -0.05) is 17.7 Å². The Balaban J connectivity index is 2.04. The van der Waals surface area contributed by atoms with Crippen molar-refractivity contribution in [2.75, 3.05) is 13.1 Å². The van der Waals surface area contributed by atoms with Crippen LogP contribution < -0.4 is 10.6 Å². The maximum Gasteiger partial charge on any atom is 0.191 e. The summed E-state index contributed by atoms with van der Waals surface area (Å²) < 4.78 is 5.52. The van der Waals surface area contributed by atoms with Crippen molar-refractivity contribution < 1.29 is 9.52 Å². The minimum absolute atomic E-state index is 0.303. The molecule has 6 nitrogen and oxygen atoms in total. The van der Waals surface area contributed by atoms with Crippen molar-refractivity contribution in [1.29, 1.82) is 0 Å². The van der Waals surface area contributed by atoms with Crippen molar-refractivity contribution >= 4 is 17.6 Å². The summed E-state index contributed by atoms with van der Waals surface area (Å²) in [5.41, 5.74) is 0.657. The molecule has 0 bridgehead atoms. The molecular formula is C18H25ClN4O2. The molecule has 7 heteroatoms. The molecular weight excluding hydrogens is 340 g/mol. The number of nitrogens with one attached hydrogen (secondary N) is 2. The smallest absolute Gasteiger partial charge is 0.191 e. The Hall–Kier alpha value is -2.05. The molecule has 0 spiro atoms. The van der Waals surface area contributed by atoms with E-state index in [4.69, 9.17) is 16.0 Å². The van der Waals surface area contributed by atoms with Gasteiger partial charge in [-0.3, -0.25) is 0 Å². The van der Waals surface area contributed by atoms with Crippen LogP contribution in [0.4, 0.5) is 0 Å². The van der Waals surface area contributed by atoms with Crippen LogP contribution in [0.1, 0.15) is 36.5 Å². The molecule has 1 atom stereocenters. The number of pyridine rings is 1. The Morgan fingerprint density at radius 3 is 2.68 bits per heavy atom. The predicted octanol–water partition coefficient (Wildman–Crippen LogP) is 2.91. The largest absolute Gasteiger partial charge is 0.466 e. The van der Waals surface area contributed by atoms with Crippen LogP contribution in [0.3, 0.4) is 0 Å². The zero-order valence-corrected chi connectivity index (χ0v) is 15.8. The first kappa shape index (κ1) is 19.3. The monoisotopic (exact) mass is 364 g/mol. The number of aryl methyl sites for hydroxylation is 2. The molecule has 1 unspecified atom stereocenters. The maximum absolute atomic E-state index is 10.8. The van der Waals surface area contributed by atoms with E-state index < -0.39 is 5.60 Å². The van der Waals surface area contributed by atoms with Gasteiger partial charge in [-0.15, -0.1) is 0 Å². The van der Waals surface area contributed by atoms with Gasteiger partial charge in [-0.25, -0.2) is 9.98 Å². The normalized spacial score (nSPS) is 14.2. The summed E-state index contributed by atoms with van der Waals surface area (Å²) in [5, 5.41) is 17.6. The number of furan rings is 1. The molecule has 0 aliphatic carbocycles. The van der Waals surface area contributed by atoms with Gasteiger partial charge in [0.15, 0.2) is 5.96 Å². The summed E-state index contributed by atoms with van der Waals surface area (Å²) >= 11 is 5.79. The van der Waals surface area contributed by atoms with Crippen LogP contribution in [0.5, 0.6) is 0 Å². The predicted molar refractivity (Wildman–Crippen MR) is 99.8 cm³/mol. The van der Waals surface area contributed by atoms with Crippen molar-refractivity contribution in [1.82, 2.24) is 15.6 Å². The quantitative estimate of drug-likeness (QED) is 0.417. The topological polar surface area (TPSA) is 82.7 Å². The highest BCUT2D eigenvalue weighted by atomic mass is 35.5. The fourth-order valence-electron chi connectivity index (χ4n) is 2.53. The number of aliphatic imine (C=N–C) groups is 1. The second-order valence-corrected chi connectivity index (χ2v) is 6.53. The number of aliphatic hydroxyl groups is 1. The first-order valence-electron chi connectivity index (χ1n) is 8.24. The number of rotatable bonds is 6. The van der Waals surface area contributed by atoms with Crippen LogP contribution in [-0.4, -0.2) is 29.1 Å². The molecule has 0 aliphatic heterocycles. The van der Waals surface area contributed by atoms with Crippen molar-refractivity contribution in [2.24, 2.45) is 4.99 Å². The van der Waals surface area contributed by atoms with Crippen molar-refractivity contribution in [2.45, 2.75) is 39.8 Å². The van der Waals surface area contributed by atoms with E-state index in [1.165, 1.54) is 0 Å². The highest BCUT2D eigenvalue weighted by Gasteiger charge is 2.27. The Bertz CT molecular complexity index is 723. The van der Waals surface area contributed by atoms with E-state index in [2.05, 4.69) is 20.6 Å². The van der Waals surface area contributed by atoms with Crippen LogP contribution >= 0.6 is 11.6 Å². The summed E-state index contributed by atoms with van der Waals surface area (Å²) in [4.78, 5) is 8.56. The van der Waals surface area contributed by atoms with Gasteiger partial charge in [0.25, 0.3) is 0 Å². The summed E-state index contributed by atoms with van der Waals surface area (Å²) in [7, 11) is 0. The molecule has 3 N–H and O–H groups in total. The van der Waals surface area contributed by atoms with E-state index in [1.807, 2.05) is 32.9 Å². The van der Waals surface area contributed by atoms with E-state index in [-0.39, 0.29) is 0 Å². The first-order valence-corrected chi connectivity index (χ1v) is 8.62. The van der Waals surface area contributed by atoms with Crippen molar-refractivity contribution in [3.8, 4) is 0 Å².